The van der Waals surface area contributed by atoms with Gasteiger partial charge in [0.1, 0.15) is 16.9 Å². The monoisotopic (exact) mass is 445 g/mol. The third kappa shape index (κ3) is 3.59. The van der Waals surface area contributed by atoms with Gasteiger partial charge in [-0.1, -0.05) is 67.1 Å². The number of benzene rings is 3. The fourth-order valence-electron chi connectivity index (χ4n) is 4.25. The lowest BCUT2D eigenvalue weighted by Crippen LogP contribution is -2.24. The molecule has 2 aromatic heterocycles. The van der Waals surface area contributed by atoms with E-state index in [0.29, 0.717) is 34.5 Å². The lowest BCUT2D eigenvalue weighted by atomic mass is 10.0. The number of nitrogens with zero attached hydrogens (tertiary/aromatic N) is 3. The molecule has 0 aliphatic rings. The van der Waals surface area contributed by atoms with E-state index in [2.05, 4.69) is 24.0 Å². The Labute approximate surface area is 189 Å². The van der Waals surface area contributed by atoms with Crippen LogP contribution in [0.15, 0.2) is 83.9 Å². The Morgan fingerprint density at radius 2 is 1.78 bits per heavy atom. The summed E-state index contributed by atoms with van der Waals surface area (Å²) in [6.07, 6.45) is 1.56. The molecule has 1 unspecified atom stereocenters. The Hall–Kier alpha value is -3.44. The number of halogens is 2. The SMILES string of the molecule is CC(Cn1cnc2c3cc(F)ccc3n(Cc3ccccc3Cl)c2c1=O)c1ccccc1. The van der Waals surface area contributed by atoms with Crippen LogP contribution in [0.1, 0.15) is 24.0 Å². The number of hydrogen-bond donors (Lipinski definition) is 0. The van der Waals surface area contributed by atoms with Crippen molar-refractivity contribution in [3.05, 3.63) is 111 Å². The van der Waals surface area contributed by atoms with E-state index in [4.69, 9.17) is 11.6 Å². The van der Waals surface area contributed by atoms with Gasteiger partial charge in [0.25, 0.3) is 5.56 Å². The normalized spacial score (nSPS) is 12.5. The highest BCUT2D eigenvalue weighted by atomic mass is 35.5. The maximum atomic E-state index is 14.1. The van der Waals surface area contributed by atoms with Crippen LogP contribution >= 0.6 is 11.6 Å². The van der Waals surface area contributed by atoms with E-state index in [9.17, 15) is 9.18 Å². The standard InChI is InChI=1S/C26H21ClFN3O/c1-17(18-7-3-2-4-8-18)14-30-16-29-24-21-13-20(28)11-12-23(21)31(25(24)26(30)32)15-19-9-5-6-10-22(19)27/h2-13,16-17H,14-15H2,1H3. The fraction of sp³-hybridized carbons (Fsp3) is 0.154. The minimum absolute atomic E-state index is 0.131. The highest BCUT2D eigenvalue weighted by Gasteiger charge is 2.19. The Balaban J connectivity index is 1.69. The zero-order chi connectivity index (χ0) is 22.2. The van der Waals surface area contributed by atoms with Crippen molar-refractivity contribution in [2.45, 2.75) is 25.9 Å². The van der Waals surface area contributed by atoms with E-state index in [0.717, 1.165) is 16.6 Å². The number of rotatable bonds is 5. The number of fused-ring (bicyclic) bond motifs is 3. The van der Waals surface area contributed by atoms with Gasteiger partial charge >= 0.3 is 0 Å². The van der Waals surface area contributed by atoms with Gasteiger partial charge in [0.05, 0.1) is 11.8 Å². The lowest BCUT2D eigenvalue weighted by Gasteiger charge is -2.14. The first-order valence-corrected chi connectivity index (χ1v) is 10.9. The predicted octanol–water partition coefficient (Wildman–Crippen LogP) is 6.00. The third-order valence-corrected chi connectivity index (χ3v) is 6.28. The largest absolute Gasteiger partial charge is 0.330 e. The second-order valence-corrected chi connectivity index (χ2v) is 8.46. The van der Waals surface area contributed by atoms with Crippen molar-refractivity contribution in [1.82, 2.24) is 14.1 Å². The average Bonchev–Trinajstić information content (AvgIpc) is 3.11. The molecule has 0 amide bonds. The second kappa shape index (κ2) is 8.24. The lowest BCUT2D eigenvalue weighted by molar-refractivity contribution is 0.575. The molecule has 0 spiro atoms. The summed E-state index contributed by atoms with van der Waals surface area (Å²) in [6.45, 7) is 2.97. The maximum Gasteiger partial charge on any atom is 0.277 e. The number of aromatic nitrogens is 3. The summed E-state index contributed by atoms with van der Waals surface area (Å²) in [4.78, 5) is 18.2. The molecular weight excluding hydrogens is 425 g/mol. The predicted molar refractivity (Wildman–Crippen MR) is 127 cm³/mol. The minimum Gasteiger partial charge on any atom is -0.330 e. The van der Waals surface area contributed by atoms with E-state index in [1.54, 1.807) is 17.0 Å². The fourth-order valence-corrected chi connectivity index (χ4v) is 4.44. The van der Waals surface area contributed by atoms with Crippen LogP contribution in [0.3, 0.4) is 0 Å². The Kier molecular flexibility index (Phi) is 5.27. The van der Waals surface area contributed by atoms with Gasteiger partial charge in [-0.2, -0.15) is 0 Å². The first kappa shape index (κ1) is 20.5. The molecule has 0 saturated heterocycles. The van der Waals surface area contributed by atoms with Crippen LogP contribution in [-0.4, -0.2) is 14.1 Å². The van der Waals surface area contributed by atoms with Crippen molar-refractivity contribution < 1.29 is 4.39 Å². The molecule has 2 heterocycles. The van der Waals surface area contributed by atoms with Gasteiger partial charge in [0.2, 0.25) is 0 Å². The summed E-state index contributed by atoms with van der Waals surface area (Å²) in [5.74, 6) is -0.232. The van der Waals surface area contributed by atoms with Gasteiger partial charge in [-0.15, -0.1) is 0 Å². The van der Waals surface area contributed by atoms with Gasteiger partial charge in [0.15, 0.2) is 0 Å². The topological polar surface area (TPSA) is 39.8 Å². The van der Waals surface area contributed by atoms with E-state index >= 15 is 0 Å². The van der Waals surface area contributed by atoms with Gasteiger partial charge in [0, 0.05) is 23.5 Å². The van der Waals surface area contributed by atoms with Crippen molar-refractivity contribution in [1.29, 1.82) is 0 Å². The number of hydrogen-bond acceptors (Lipinski definition) is 2. The molecule has 0 saturated carbocycles. The molecular formula is C26H21ClFN3O. The van der Waals surface area contributed by atoms with Gasteiger partial charge < -0.3 is 4.57 Å². The zero-order valence-corrected chi connectivity index (χ0v) is 18.3. The molecule has 4 nitrogen and oxygen atoms in total. The van der Waals surface area contributed by atoms with Crippen molar-refractivity contribution in [2.75, 3.05) is 0 Å². The van der Waals surface area contributed by atoms with Crippen LogP contribution in [0.25, 0.3) is 21.9 Å². The quantitative estimate of drug-likeness (QED) is 0.333. The van der Waals surface area contributed by atoms with Gasteiger partial charge in [-0.3, -0.25) is 9.36 Å². The Bertz CT molecular complexity index is 1490. The zero-order valence-electron chi connectivity index (χ0n) is 17.5. The summed E-state index contributed by atoms with van der Waals surface area (Å²) in [6, 6.07) is 22.1. The molecule has 0 aliphatic heterocycles. The molecule has 0 bridgehead atoms. The molecule has 1 atom stereocenters. The van der Waals surface area contributed by atoms with Crippen molar-refractivity contribution >= 4 is 33.5 Å². The second-order valence-electron chi connectivity index (χ2n) is 8.05. The van der Waals surface area contributed by atoms with E-state index < -0.39 is 0 Å². The van der Waals surface area contributed by atoms with Crippen LogP contribution in [0.5, 0.6) is 0 Å². The van der Waals surface area contributed by atoms with Crippen molar-refractivity contribution in [3.8, 4) is 0 Å². The van der Waals surface area contributed by atoms with Crippen molar-refractivity contribution in [2.24, 2.45) is 0 Å². The molecule has 0 N–H and O–H groups in total. The van der Waals surface area contributed by atoms with Gasteiger partial charge in [-0.05, 0) is 41.3 Å². The minimum atomic E-state index is -0.363. The van der Waals surface area contributed by atoms with Crippen LogP contribution in [0, 0.1) is 5.82 Å². The van der Waals surface area contributed by atoms with Crippen molar-refractivity contribution in [3.63, 3.8) is 0 Å². The Morgan fingerprint density at radius 1 is 1.03 bits per heavy atom. The van der Waals surface area contributed by atoms with E-state index in [1.807, 2.05) is 47.0 Å². The van der Waals surface area contributed by atoms with Crippen LogP contribution in [-0.2, 0) is 13.1 Å². The third-order valence-electron chi connectivity index (χ3n) is 5.91. The molecule has 32 heavy (non-hydrogen) atoms. The smallest absolute Gasteiger partial charge is 0.277 e. The van der Waals surface area contributed by atoms with Crippen LogP contribution in [0.2, 0.25) is 5.02 Å². The molecule has 6 heteroatoms. The van der Waals surface area contributed by atoms with Gasteiger partial charge in [-0.25, -0.2) is 9.37 Å². The first-order valence-electron chi connectivity index (χ1n) is 10.5. The summed E-state index contributed by atoms with van der Waals surface area (Å²) in [5, 5.41) is 1.24. The highest BCUT2D eigenvalue weighted by Crippen LogP contribution is 2.28. The molecule has 0 fully saturated rings. The summed E-state index contributed by atoms with van der Waals surface area (Å²) in [5.41, 5.74) is 3.58. The first-order chi connectivity index (χ1) is 15.5. The molecule has 5 aromatic rings. The molecule has 5 rings (SSSR count). The highest BCUT2D eigenvalue weighted by molar-refractivity contribution is 6.31. The molecule has 160 valence electrons. The van der Waals surface area contributed by atoms with Crippen LogP contribution < -0.4 is 5.56 Å². The van der Waals surface area contributed by atoms with Crippen LogP contribution in [0.4, 0.5) is 4.39 Å². The summed E-state index contributed by atoms with van der Waals surface area (Å²) in [7, 11) is 0. The average molecular weight is 446 g/mol. The summed E-state index contributed by atoms with van der Waals surface area (Å²) >= 11 is 6.40. The van der Waals surface area contributed by atoms with E-state index in [-0.39, 0.29) is 17.3 Å². The molecule has 0 radical (unpaired) electrons. The molecule has 3 aromatic carbocycles. The summed E-state index contributed by atoms with van der Waals surface area (Å²) < 4.78 is 17.6. The van der Waals surface area contributed by atoms with E-state index in [1.165, 1.54) is 12.1 Å². The maximum absolute atomic E-state index is 14.1. The molecule has 0 aliphatic carbocycles. The Morgan fingerprint density at radius 3 is 2.56 bits per heavy atom.